The van der Waals surface area contributed by atoms with Crippen molar-refractivity contribution in [2.75, 3.05) is 70.6 Å². The maximum Gasteiger partial charge on any atom is 0.296 e. The Morgan fingerprint density at radius 2 is 1.54 bits per heavy atom. The second kappa shape index (κ2) is 17.3. The van der Waals surface area contributed by atoms with E-state index in [0.717, 1.165) is 33.2 Å². The second-order valence-corrected chi connectivity index (χ2v) is 12.8. The summed E-state index contributed by atoms with van der Waals surface area (Å²) in [6, 6.07) is 8.83. The molecule has 17 heteroatoms. The van der Waals surface area contributed by atoms with Crippen molar-refractivity contribution in [3.8, 4) is 0 Å². The van der Waals surface area contributed by atoms with Gasteiger partial charge in [0.1, 0.15) is 11.4 Å². The number of nitrogens with zero attached hydrogens (tertiary/aromatic N) is 3. The van der Waals surface area contributed by atoms with Crippen molar-refractivity contribution >= 4 is 33.2 Å². The lowest BCUT2D eigenvalue weighted by molar-refractivity contribution is -0.396. The number of benzene rings is 2. The Kier molecular flexibility index (Phi) is 13.7. The number of sulfonamides is 1. The number of anilines is 1. The molecule has 0 saturated heterocycles. The lowest BCUT2D eigenvalue weighted by atomic mass is 9.93. The summed E-state index contributed by atoms with van der Waals surface area (Å²) in [5.41, 5.74) is 18.8. The fourth-order valence-corrected chi connectivity index (χ4v) is 6.53. The summed E-state index contributed by atoms with van der Waals surface area (Å²) < 4.78 is 50.8. The molecule has 2 aromatic carbocycles. The smallest absolute Gasteiger partial charge is 0.296 e. The zero-order valence-corrected chi connectivity index (χ0v) is 27.9. The van der Waals surface area contributed by atoms with Gasteiger partial charge in [-0.25, -0.2) is 8.42 Å². The Labute approximate surface area is 279 Å². The molecule has 48 heavy (non-hydrogen) atoms. The third kappa shape index (κ3) is 9.22. The standard InChI is InChI=1S/C31H42N6O10S/c1-31(2)27(26(21-34)30(47-31)23(19-32)20-33)10-6-22-4-7-24(8-5-22)35(12-13-45-16-17-46-15-14-44-3)48(42,43)29-11-9-25(36(38)39)18-28(29)37(40)41/h4-11,18H,12-17,19-21,32-34H2,1-3H3/b10-6+. The normalized spacial score (nSPS) is 14.4. The maximum absolute atomic E-state index is 13.9. The van der Waals surface area contributed by atoms with Gasteiger partial charge in [-0.1, -0.05) is 24.3 Å². The van der Waals surface area contributed by atoms with E-state index in [0.29, 0.717) is 30.6 Å². The molecule has 0 amide bonds. The van der Waals surface area contributed by atoms with Crippen molar-refractivity contribution in [3.05, 3.63) is 96.8 Å². The number of nitrogens with two attached hydrogens (primary N) is 3. The molecule has 3 rings (SSSR count). The monoisotopic (exact) mass is 690 g/mol. The summed E-state index contributed by atoms with van der Waals surface area (Å²) in [7, 11) is -3.06. The summed E-state index contributed by atoms with van der Waals surface area (Å²) in [5.74, 6) is 0.590. The van der Waals surface area contributed by atoms with Gasteiger partial charge in [0.15, 0.2) is 4.90 Å². The first-order valence-electron chi connectivity index (χ1n) is 15.0. The zero-order valence-electron chi connectivity index (χ0n) is 27.1. The molecule has 0 aromatic heterocycles. The first kappa shape index (κ1) is 38.2. The van der Waals surface area contributed by atoms with Crippen LogP contribution in [0, 0.1) is 20.2 Å². The summed E-state index contributed by atoms with van der Waals surface area (Å²) >= 11 is 0. The maximum atomic E-state index is 13.9. The minimum Gasteiger partial charge on any atom is -0.483 e. The SMILES string of the molecule is COCCOCCOCCN(c1ccc(/C=C/C2=C(CN)C(=C(CN)CN)OC2(C)C)cc1)S(=O)(=O)c1ccc([N+](=O)[O-])cc1[N+](=O)[O-]. The highest BCUT2D eigenvalue weighted by molar-refractivity contribution is 7.93. The molecule has 0 spiro atoms. The van der Waals surface area contributed by atoms with Crippen molar-refractivity contribution < 1.29 is 37.2 Å². The van der Waals surface area contributed by atoms with Crippen LogP contribution in [0.15, 0.2) is 75.9 Å². The van der Waals surface area contributed by atoms with Gasteiger partial charge in [0.25, 0.3) is 21.4 Å². The van der Waals surface area contributed by atoms with E-state index in [1.54, 1.807) is 31.4 Å². The summed E-state index contributed by atoms with van der Waals surface area (Å²) in [5, 5.41) is 23.1. The largest absolute Gasteiger partial charge is 0.483 e. The van der Waals surface area contributed by atoms with Crippen LogP contribution in [0.2, 0.25) is 0 Å². The molecule has 0 saturated carbocycles. The van der Waals surface area contributed by atoms with Crippen molar-refractivity contribution in [1.82, 2.24) is 0 Å². The predicted octanol–water partition coefficient (Wildman–Crippen LogP) is 2.63. The van der Waals surface area contributed by atoms with Crippen LogP contribution in [-0.4, -0.2) is 90.2 Å². The van der Waals surface area contributed by atoms with Crippen LogP contribution in [-0.2, 0) is 29.0 Å². The minimum atomic E-state index is -4.60. The molecule has 0 fully saturated rings. The van der Waals surface area contributed by atoms with Gasteiger partial charge in [-0.05, 0) is 43.2 Å². The van der Waals surface area contributed by atoms with Crippen LogP contribution in [0.3, 0.4) is 0 Å². The van der Waals surface area contributed by atoms with Gasteiger partial charge in [0, 0.05) is 44.0 Å². The van der Waals surface area contributed by atoms with Gasteiger partial charge >= 0.3 is 0 Å². The lowest BCUT2D eigenvalue weighted by Gasteiger charge is -2.24. The molecule has 0 unspecified atom stereocenters. The molecule has 1 aliphatic heterocycles. The molecular formula is C31H42N6O10S. The average Bonchev–Trinajstić information content (AvgIpc) is 3.32. The van der Waals surface area contributed by atoms with Crippen LogP contribution in [0.4, 0.5) is 17.1 Å². The highest BCUT2D eigenvalue weighted by Gasteiger charge is 2.37. The number of nitro groups is 2. The van der Waals surface area contributed by atoms with E-state index in [-0.39, 0.29) is 51.7 Å². The van der Waals surface area contributed by atoms with Crippen molar-refractivity contribution in [2.24, 2.45) is 17.2 Å². The molecular weight excluding hydrogens is 648 g/mol. The zero-order chi connectivity index (χ0) is 35.5. The summed E-state index contributed by atoms with van der Waals surface area (Å²) in [6.45, 7) is 5.31. The van der Waals surface area contributed by atoms with Crippen molar-refractivity contribution in [1.29, 1.82) is 0 Å². The molecule has 1 heterocycles. The molecule has 0 bridgehead atoms. The van der Waals surface area contributed by atoms with Gasteiger partial charge < -0.3 is 36.1 Å². The highest BCUT2D eigenvalue weighted by atomic mass is 32.2. The van der Waals surface area contributed by atoms with Crippen molar-refractivity contribution in [3.63, 3.8) is 0 Å². The van der Waals surface area contributed by atoms with Crippen LogP contribution < -0.4 is 21.5 Å². The fraction of sp³-hybridized carbons (Fsp3) is 0.419. The highest BCUT2D eigenvalue weighted by Crippen LogP contribution is 2.40. The van der Waals surface area contributed by atoms with Crippen LogP contribution >= 0.6 is 0 Å². The molecule has 2 aromatic rings. The van der Waals surface area contributed by atoms with E-state index in [1.165, 1.54) is 0 Å². The molecule has 0 radical (unpaired) electrons. The van der Waals surface area contributed by atoms with Crippen molar-refractivity contribution in [2.45, 2.75) is 24.3 Å². The van der Waals surface area contributed by atoms with Crippen LogP contribution in [0.5, 0.6) is 0 Å². The Bertz CT molecular complexity index is 1650. The minimum absolute atomic E-state index is 0.0795. The van der Waals surface area contributed by atoms with Crippen LogP contribution in [0.1, 0.15) is 19.4 Å². The van der Waals surface area contributed by atoms with Gasteiger partial charge in [-0.15, -0.1) is 0 Å². The summed E-state index contributed by atoms with van der Waals surface area (Å²) in [4.78, 5) is 20.6. The molecule has 6 N–H and O–H groups in total. The number of non-ortho nitro benzene ring substituents is 1. The fourth-order valence-electron chi connectivity index (χ4n) is 4.95. The molecule has 0 atom stereocenters. The summed E-state index contributed by atoms with van der Waals surface area (Å²) in [6.07, 6.45) is 3.69. The number of hydrogen-bond acceptors (Lipinski definition) is 13. The molecule has 0 aliphatic carbocycles. The quantitative estimate of drug-likeness (QED) is 0.109. The molecule has 262 valence electrons. The van der Waals surface area contributed by atoms with E-state index in [4.69, 9.17) is 36.1 Å². The predicted molar refractivity (Wildman–Crippen MR) is 180 cm³/mol. The molecule has 16 nitrogen and oxygen atoms in total. The number of rotatable bonds is 19. The van der Waals surface area contributed by atoms with Gasteiger partial charge in [0.2, 0.25) is 0 Å². The van der Waals surface area contributed by atoms with E-state index >= 15 is 0 Å². The third-order valence-electron chi connectivity index (χ3n) is 7.41. The van der Waals surface area contributed by atoms with Gasteiger partial charge in [-0.3, -0.25) is 24.5 Å². The first-order chi connectivity index (χ1) is 22.8. The number of methoxy groups -OCH3 is 1. The van der Waals surface area contributed by atoms with Gasteiger partial charge in [0.05, 0.1) is 61.2 Å². The molecule has 1 aliphatic rings. The van der Waals surface area contributed by atoms with Gasteiger partial charge in [-0.2, -0.15) is 0 Å². The second-order valence-electron chi connectivity index (χ2n) is 10.9. The number of hydrogen-bond donors (Lipinski definition) is 3. The lowest BCUT2D eigenvalue weighted by Crippen LogP contribution is -2.34. The Morgan fingerprint density at radius 1 is 0.917 bits per heavy atom. The van der Waals surface area contributed by atoms with E-state index < -0.39 is 41.7 Å². The average molecular weight is 691 g/mol. The van der Waals surface area contributed by atoms with Crippen LogP contribution in [0.25, 0.3) is 6.08 Å². The topological polar surface area (TPSA) is 239 Å². The Balaban J connectivity index is 1.96. The van der Waals surface area contributed by atoms with E-state index in [9.17, 15) is 28.6 Å². The van der Waals surface area contributed by atoms with E-state index in [2.05, 4.69) is 0 Å². The van der Waals surface area contributed by atoms with E-state index in [1.807, 2.05) is 26.0 Å². The number of nitro benzene ring substituents is 2. The Hall–Kier alpha value is -4.23. The number of ether oxygens (including phenoxy) is 4. The Morgan fingerprint density at radius 3 is 2.10 bits per heavy atom. The third-order valence-corrected chi connectivity index (χ3v) is 9.28. The first-order valence-corrected chi connectivity index (χ1v) is 16.4.